The van der Waals surface area contributed by atoms with Gasteiger partial charge in [0.1, 0.15) is 0 Å². The van der Waals surface area contributed by atoms with E-state index in [-0.39, 0.29) is 17.1 Å². The number of Topliss-reactive ketones (excluding diaryl/α,β-unsaturated/α-hetero) is 2. The topological polar surface area (TPSA) is 34.1 Å². The molecule has 1 aliphatic rings. The summed E-state index contributed by atoms with van der Waals surface area (Å²) in [6, 6.07) is 23.9. The molecule has 0 bridgehead atoms. The van der Waals surface area contributed by atoms with Crippen LogP contribution in [0.4, 0.5) is 0 Å². The number of hydrogen-bond donors (Lipinski definition) is 0. The normalized spacial score (nSPS) is 12.6. The van der Waals surface area contributed by atoms with Gasteiger partial charge in [-0.1, -0.05) is 100 Å². The first-order chi connectivity index (χ1) is 13.1. The lowest BCUT2D eigenvalue weighted by Gasteiger charge is -2.09. The largest absolute Gasteiger partial charge is 0.288 e. The van der Waals surface area contributed by atoms with Gasteiger partial charge in [0.2, 0.25) is 0 Å². The molecular weight excluding hydrogens is 440 g/mol. The zero-order valence-corrected chi connectivity index (χ0v) is 17.2. The van der Waals surface area contributed by atoms with Gasteiger partial charge in [0.25, 0.3) is 0 Å². The van der Waals surface area contributed by atoms with Crippen molar-refractivity contribution in [1.82, 2.24) is 0 Å². The fourth-order valence-corrected chi connectivity index (χ4v) is 5.82. The van der Waals surface area contributed by atoms with Crippen LogP contribution in [-0.2, 0) is 0 Å². The van der Waals surface area contributed by atoms with Gasteiger partial charge in [0.05, 0.1) is 9.81 Å². The third-order valence-electron chi connectivity index (χ3n) is 4.04. The molecule has 27 heavy (non-hydrogen) atoms. The number of rotatable bonds is 4. The first kappa shape index (κ1) is 18.3. The minimum atomic E-state index is -0.244. The number of benzene rings is 3. The van der Waals surface area contributed by atoms with Crippen molar-refractivity contribution >= 4 is 51.0 Å². The summed E-state index contributed by atoms with van der Waals surface area (Å²) in [6.45, 7) is 0. The summed E-state index contributed by atoms with van der Waals surface area (Å²) in [4.78, 5) is 28.6. The predicted octanol–water partition coefficient (Wildman–Crippen LogP) is 6.62. The van der Waals surface area contributed by atoms with Crippen molar-refractivity contribution in [3.05, 3.63) is 104 Å². The summed E-state index contributed by atoms with van der Waals surface area (Å²) in [5.74, 6) is -0.488. The molecule has 3 aromatic carbocycles. The third-order valence-corrected chi connectivity index (χ3v) is 7.08. The average molecular weight is 453 g/mol. The van der Waals surface area contributed by atoms with Gasteiger partial charge in [-0.25, -0.2) is 0 Å². The Morgan fingerprint density at radius 3 is 1.74 bits per heavy atom. The number of allylic oxidation sites excluding steroid dienone is 1. The van der Waals surface area contributed by atoms with Crippen LogP contribution < -0.4 is 0 Å². The smallest absolute Gasteiger partial charge is 0.198 e. The van der Waals surface area contributed by atoms with Crippen LogP contribution >= 0.6 is 39.5 Å². The minimum Gasteiger partial charge on any atom is -0.288 e. The van der Waals surface area contributed by atoms with Gasteiger partial charge >= 0.3 is 0 Å². The molecule has 1 heterocycles. The maximum Gasteiger partial charge on any atom is 0.198 e. The van der Waals surface area contributed by atoms with Gasteiger partial charge < -0.3 is 0 Å². The zero-order chi connectivity index (χ0) is 18.8. The van der Waals surface area contributed by atoms with Crippen LogP contribution in [0.5, 0.6) is 0 Å². The molecule has 132 valence electrons. The summed E-state index contributed by atoms with van der Waals surface area (Å²) in [6.07, 6.45) is 0. The zero-order valence-electron chi connectivity index (χ0n) is 14.0. The second-order valence-electron chi connectivity index (χ2n) is 5.85. The number of fused-ring (bicyclic) bond motifs is 1. The first-order valence-electron chi connectivity index (χ1n) is 8.22. The van der Waals surface area contributed by atoms with Crippen LogP contribution in [0, 0.1) is 0 Å². The Labute approximate surface area is 174 Å². The molecule has 0 saturated carbocycles. The molecule has 0 spiro atoms. The highest BCUT2D eigenvalue weighted by atomic mass is 79.9. The monoisotopic (exact) mass is 452 g/mol. The SMILES string of the molecule is O=C(C(C(=O)c1ccccc1)=C1Sc2ccc(Br)cc2S1)c1ccccc1. The van der Waals surface area contributed by atoms with Gasteiger partial charge in [0.15, 0.2) is 11.6 Å². The molecule has 0 radical (unpaired) electrons. The molecule has 5 heteroatoms. The van der Waals surface area contributed by atoms with E-state index < -0.39 is 0 Å². The minimum absolute atomic E-state index is 0.231. The molecule has 4 rings (SSSR count). The van der Waals surface area contributed by atoms with E-state index in [2.05, 4.69) is 15.9 Å². The fraction of sp³-hybridized carbons (Fsp3) is 0. The van der Waals surface area contributed by atoms with Gasteiger partial charge in [-0.2, -0.15) is 0 Å². The van der Waals surface area contributed by atoms with E-state index in [0.717, 1.165) is 18.5 Å². The molecular formula is C22H13BrO2S2. The number of hydrogen-bond acceptors (Lipinski definition) is 4. The molecule has 1 aliphatic heterocycles. The highest BCUT2D eigenvalue weighted by molar-refractivity contribution is 9.10. The number of carbonyl (C=O) groups is 2. The summed E-state index contributed by atoms with van der Waals surface area (Å²) in [5.41, 5.74) is 1.26. The standard InChI is InChI=1S/C22H13BrO2S2/c23-16-11-12-17-18(13-16)27-22(26-17)19(20(24)14-7-3-1-4-8-14)21(25)15-9-5-2-6-10-15/h1-13H. The summed E-state index contributed by atoms with van der Waals surface area (Å²) in [7, 11) is 0. The Hall–Kier alpha value is -2.08. The van der Waals surface area contributed by atoms with Gasteiger partial charge in [-0.15, -0.1) is 0 Å². The first-order valence-corrected chi connectivity index (χ1v) is 10.6. The Kier molecular flexibility index (Phi) is 5.34. The van der Waals surface area contributed by atoms with Crippen LogP contribution in [0.15, 0.2) is 103 Å². The van der Waals surface area contributed by atoms with E-state index in [4.69, 9.17) is 0 Å². The summed E-state index contributed by atoms with van der Waals surface area (Å²) < 4.78 is 1.70. The van der Waals surface area contributed by atoms with Crippen LogP contribution in [0.25, 0.3) is 0 Å². The van der Waals surface area contributed by atoms with E-state index >= 15 is 0 Å². The van der Waals surface area contributed by atoms with Crippen LogP contribution in [0.3, 0.4) is 0 Å². The molecule has 2 nitrogen and oxygen atoms in total. The number of halogens is 1. The van der Waals surface area contributed by atoms with Crippen LogP contribution in [0.1, 0.15) is 20.7 Å². The maximum absolute atomic E-state index is 13.3. The molecule has 0 aromatic heterocycles. The second-order valence-corrected chi connectivity index (χ2v) is 9.13. The van der Waals surface area contributed by atoms with Crippen molar-refractivity contribution in [3.63, 3.8) is 0 Å². The molecule has 0 atom stereocenters. The Morgan fingerprint density at radius 1 is 0.667 bits per heavy atom. The van der Waals surface area contributed by atoms with E-state index in [1.165, 1.54) is 23.5 Å². The maximum atomic E-state index is 13.3. The van der Waals surface area contributed by atoms with Crippen molar-refractivity contribution in [2.75, 3.05) is 0 Å². The third kappa shape index (κ3) is 3.81. The Balaban J connectivity index is 1.82. The van der Waals surface area contributed by atoms with Gasteiger partial charge in [-0.3, -0.25) is 9.59 Å². The Morgan fingerprint density at radius 2 is 1.19 bits per heavy atom. The van der Waals surface area contributed by atoms with E-state index in [1.54, 1.807) is 24.3 Å². The second kappa shape index (κ2) is 7.89. The summed E-state index contributed by atoms with van der Waals surface area (Å²) in [5, 5.41) is 0. The Bertz CT molecular complexity index is 1010. The average Bonchev–Trinajstić information content (AvgIpc) is 3.11. The van der Waals surface area contributed by atoms with Crippen molar-refractivity contribution in [3.8, 4) is 0 Å². The van der Waals surface area contributed by atoms with Crippen LogP contribution in [-0.4, -0.2) is 11.6 Å². The van der Waals surface area contributed by atoms with Crippen LogP contribution in [0.2, 0.25) is 0 Å². The predicted molar refractivity (Wildman–Crippen MR) is 114 cm³/mol. The molecule has 0 saturated heterocycles. The van der Waals surface area contributed by atoms with Crippen molar-refractivity contribution in [1.29, 1.82) is 0 Å². The van der Waals surface area contributed by atoms with Crippen molar-refractivity contribution in [2.45, 2.75) is 9.79 Å². The lowest BCUT2D eigenvalue weighted by Crippen LogP contribution is -2.15. The lowest BCUT2D eigenvalue weighted by molar-refractivity contribution is 0.0962. The van der Waals surface area contributed by atoms with E-state index in [9.17, 15) is 9.59 Å². The number of carbonyl (C=O) groups excluding carboxylic acids is 2. The lowest BCUT2D eigenvalue weighted by atomic mass is 9.97. The molecule has 0 unspecified atom stereocenters. The molecule has 0 N–H and O–H groups in total. The van der Waals surface area contributed by atoms with E-state index in [0.29, 0.717) is 11.1 Å². The van der Waals surface area contributed by atoms with Crippen molar-refractivity contribution in [2.24, 2.45) is 0 Å². The molecule has 0 amide bonds. The number of thioether (sulfide) groups is 2. The van der Waals surface area contributed by atoms with Gasteiger partial charge in [0, 0.05) is 25.4 Å². The van der Waals surface area contributed by atoms with E-state index in [1.807, 2.05) is 54.6 Å². The molecule has 0 fully saturated rings. The number of ketones is 2. The molecule has 0 aliphatic carbocycles. The van der Waals surface area contributed by atoms with Gasteiger partial charge in [-0.05, 0) is 18.2 Å². The fourth-order valence-electron chi connectivity index (χ4n) is 2.72. The summed E-state index contributed by atoms with van der Waals surface area (Å²) >= 11 is 6.44. The molecule has 3 aromatic rings. The highest BCUT2D eigenvalue weighted by Crippen LogP contribution is 2.53. The van der Waals surface area contributed by atoms with Crippen molar-refractivity contribution < 1.29 is 9.59 Å². The quantitative estimate of drug-likeness (QED) is 0.192. The highest BCUT2D eigenvalue weighted by Gasteiger charge is 2.30.